The summed E-state index contributed by atoms with van der Waals surface area (Å²) in [5, 5.41) is 80.5. The Kier molecular flexibility index (Phi) is 9.54. The summed E-state index contributed by atoms with van der Waals surface area (Å²) in [6.45, 7) is 0. The van der Waals surface area contributed by atoms with E-state index < -0.39 is 82.0 Å². The van der Waals surface area contributed by atoms with Gasteiger partial charge in [-0.15, -0.1) is 0 Å². The summed E-state index contributed by atoms with van der Waals surface area (Å²) < 4.78 is 31.8. The standard InChI is InChI=1S/C32H28O17/c1-44-16-9-12(10-17(45-2)21(16)35)3-8-19(34)48-29-24(38)20-15(46-28(29)13-4-6-14(33)7-5-13)11-18(22(36)23(20)37)47-32-27(41)25(39)26(40)30(49-32)31(42)43/h3-11,25-27,30,32-33,35-37,39-41H,1-2H3,(H,42,43)/t25-,26-,27+,30+,32+/m1/s1. The molecule has 0 unspecified atom stereocenters. The van der Waals surface area contributed by atoms with E-state index in [0.717, 1.165) is 12.1 Å². The van der Waals surface area contributed by atoms with Crippen LogP contribution in [0, 0.1) is 0 Å². The van der Waals surface area contributed by atoms with E-state index in [4.69, 9.17) is 28.1 Å². The van der Waals surface area contributed by atoms with Crippen molar-refractivity contribution in [3.05, 3.63) is 64.3 Å². The second-order valence-corrected chi connectivity index (χ2v) is 10.5. The summed E-state index contributed by atoms with van der Waals surface area (Å²) in [6, 6.07) is 8.73. The topological polar surface area (TPSA) is 272 Å². The van der Waals surface area contributed by atoms with Gasteiger partial charge in [0.15, 0.2) is 34.9 Å². The molecule has 0 radical (unpaired) electrons. The van der Waals surface area contributed by atoms with Crippen LogP contribution in [-0.2, 0) is 14.3 Å². The van der Waals surface area contributed by atoms with Crippen LogP contribution in [0.4, 0.5) is 0 Å². The molecule has 5 rings (SSSR count). The van der Waals surface area contributed by atoms with E-state index in [1.165, 1.54) is 56.7 Å². The van der Waals surface area contributed by atoms with Gasteiger partial charge in [0, 0.05) is 17.7 Å². The summed E-state index contributed by atoms with van der Waals surface area (Å²) in [5.41, 5.74) is -1.21. The third-order valence-electron chi connectivity index (χ3n) is 7.36. The van der Waals surface area contributed by atoms with Crippen molar-refractivity contribution in [2.75, 3.05) is 14.2 Å². The second kappa shape index (κ2) is 13.6. The highest BCUT2D eigenvalue weighted by molar-refractivity contribution is 5.94. The van der Waals surface area contributed by atoms with E-state index in [1.807, 2.05) is 0 Å². The minimum Gasteiger partial charge on any atom is -0.508 e. The van der Waals surface area contributed by atoms with Gasteiger partial charge in [0.25, 0.3) is 0 Å². The molecule has 258 valence electrons. The van der Waals surface area contributed by atoms with Gasteiger partial charge in [0.2, 0.25) is 29.0 Å². The van der Waals surface area contributed by atoms with Gasteiger partial charge in [0.1, 0.15) is 35.0 Å². The summed E-state index contributed by atoms with van der Waals surface area (Å²) in [6.07, 6.45) is -8.02. The SMILES string of the molecule is COc1cc(C=CC(=O)Oc2c(-c3ccc(O)cc3)oc3cc(O[C@H]4O[C@H](C(=O)O)[C@H](O)[C@@H](O)[C@@H]4O)c(O)c(O)c3c2=O)cc(OC)c1O. The number of carboxylic acids is 1. The summed E-state index contributed by atoms with van der Waals surface area (Å²) in [7, 11) is 2.61. The number of aliphatic hydroxyl groups is 3. The first-order valence-electron chi connectivity index (χ1n) is 14.0. The number of aliphatic carboxylic acids is 1. The Hall–Kier alpha value is -6.01. The number of methoxy groups -OCH3 is 2. The van der Waals surface area contributed by atoms with Gasteiger partial charge < -0.3 is 69.0 Å². The van der Waals surface area contributed by atoms with E-state index >= 15 is 0 Å². The molecule has 1 saturated heterocycles. The quantitative estimate of drug-likeness (QED) is 0.0698. The highest BCUT2D eigenvalue weighted by Crippen LogP contribution is 2.44. The number of hydrogen-bond donors (Lipinski definition) is 8. The van der Waals surface area contributed by atoms with Crippen molar-refractivity contribution < 1.29 is 78.5 Å². The molecule has 1 aliphatic heterocycles. The first kappa shape index (κ1) is 34.3. The molecule has 3 aromatic carbocycles. The number of esters is 1. The van der Waals surface area contributed by atoms with Crippen LogP contribution in [0.15, 0.2) is 57.8 Å². The Morgan fingerprint density at radius 1 is 0.816 bits per heavy atom. The third kappa shape index (κ3) is 6.58. The summed E-state index contributed by atoms with van der Waals surface area (Å²) >= 11 is 0. The van der Waals surface area contributed by atoms with Crippen LogP contribution in [0.3, 0.4) is 0 Å². The van der Waals surface area contributed by atoms with Crippen LogP contribution in [0.25, 0.3) is 28.4 Å². The Morgan fingerprint density at radius 3 is 2.04 bits per heavy atom. The number of rotatable bonds is 9. The number of fused-ring (bicyclic) bond motifs is 1. The van der Waals surface area contributed by atoms with Crippen LogP contribution in [-0.4, -0.2) is 97.7 Å². The molecule has 2 heterocycles. The van der Waals surface area contributed by atoms with Crippen molar-refractivity contribution in [2.24, 2.45) is 0 Å². The minimum absolute atomic E-state index is 0.0378. The molecule has 0 aliphatic carbocycles. The fraction of sp³-hybridized carbons (Fsp3) is 0.219. The van der Waals surface area contributed by atoms with Crippen molar-refractivity contribution in [3.63, 3.8) is 0 Å². The maximum absolute atomic E-state index is 13.8. The van der Waals surface area contributed by atoms with Gasteiger partial charge in [0.05, 0.1) is 14.2 Å². The molecule has 0 spiro atoms. The van der Waals surface area contributed by atoms with Gasteiger partial charge in [-0.25, -0.2) is 9.59 Å². The van der Waals surface area contributed by atoms with Crippen molar-refractivity contribution in [1.82, 2.24) is 0 Å². The third-order valence-corrected chi connectivity index (χ3v) is 7.36. The number of phenols is 4. The molecule has 1 aliphatic rings. The Morgan fingerprint density at radius 2 is 1.45 bits per heavy atom. The van der Waals surface area contributed by atoms with Crippen molar-refractivity contribution in [3.8, 4) is 57.3 Å². The fourth-order valence-electron chi connectivity index (χ4n) is 4.85. The predicted molar refractivity (Wildman–Crippen MR) is 164 cm³/mol. The second-order valence-electron chi connectivity index (χ2n) is 10.5. The summed E-state index contributed by atoms with van der Waals surface area (Å²) in [4.78, 5) is 38.2. The molecular weight excluding hydrogens is 656 g/mol. The lowest BCUT2D eigenvalue weighted by Gasteiger charge is -2.38. The van der Waals surface area contributed by atoms with Crippen LogP contribution < -0.4 is 24.4 Å². The number of phenolic OH excluding ortho intramolecular Hbond substituents is 4. The number of benzene rings is 3. The highest BCUT2D eigenvalue weighted by atomic mass is 16.7. The molecular formula is C32H28O17. The highest BCUT2D eigenvalue weighted by Gasteiger charge is 2.48. The van der Waals surface area contributed by atoms with E-state index in [0.29, 0.717) is 5.56 Å². The molecule has 0 amide bonds. The molecule has 17 nitrogen and oxygen atoms in total. The molecule has 17 heteroatoms. The number of aliphatic hydroxyl groups excluding tert-OH is 3. The largest absolute Gasteiger partial charge is 0.508 e. The number of carbonyl (C=O) groups is 2. The summed E-state index contributed by atoms with van der Waals surface area (Å²) in [5.74, 6) is -7.29. The van der Waals surface area contributed by atoms with Crippen LogP contribution in [0.1, 0.15) is 5.56 Å². The normalized spacial score (nSPS) is 20.6. The van der Waals surface area contributed by atoms with Crippen LogP contribution >= 0.6 is 0 Å². The molecule has 0 saturated carbocycles. The maximum atomic E-state index is 13.8. The van der Waals surface area contributed by atoms with E-state index in [-0.39, 0.29) is 34.3 Å². The Balaban J connectivity index is 1.57. The smallest absolute Gasteiger partial charge is 0.336 e. The number of carboxylic acid groups (broad SMARTS) is 1. The van der Waals surface area contributed by atoms with Crippen LogP contribution in [0.5, 0.6) is 46.0 Å². The zero-order chi connectivity index (χ0) is 35.7. The first-order chi connectivity index (χ1) is 23.2. The number of hydrogen-bond acceptors (Lipinski definition) is 16. The molecule has 8 N–H and O–H groups in total. The number of carbonyl (C=O) groups excluding carboxylic acids is 1. The zero-order valence-electron chi connectivity index (χ0n) is 25.3. The molecule has 5 atom stereocenters. The van der Waals surface area contributed by atoms with Gasteiger partial charge in [-0.1, -0.05) is 0 Å². The zero-order valence-corrected chi connectivity index (χ0v) is 25.3. The van der Waals surface area contributed by atoms with E-state index in [1.54, 1.807) is 0 Å². The Labute approximate surface area is 274 Å². The molecule has 1 aromatic heterocycles. The van der Waals surface area contributed by atoms with Crippen molar-refractivity contribution in [2.45, 2.75) is 30.7 Å². The lowest BCUT2D eigenvalue weighted by Crippen LogP contribution is -2.61. The van der Waals surface area contributed by atoms with Gasteiger partial charge in [-0.2, -0.15) is 0 Å². The van der Waals surface area contributed by atoms with Gasteiger partial charge in [-0.05, 0) is 48.0 Å². The number of aromatic hydroxyl groups is 4. The fourth-order valence-corrected chi connectivity index (χ4v) is 4.85. The Bertz CT molecular complexity index is 1970. The molecule has 0 bridgehead atoms. The van der Waals surface area contributed by atoms with Crippen molar-refractivity contribution >= 4 is 29.0 Å². The van der Waals surface area contributed by atoms with Crippen LogP contribution in [0.2, 0.25) is 0 Å². The molecule has 49 heavy (non-hydrogen) atoms. The first-order valence-corrected chi connectivity index (χ1v) is 14.0. The number of ether oxygens (including phenoxy) is 5. The monoisotopic (exact) mass is 684 g/mol. The van der Waals surface area contributed by atoms with E-state index in [9.17, 15) is 55.2 Å². The lowest BCUT2D eigenvalue weighted by atomic mass is 9.99. The minimum atomic E-state index is -2.06. The van der Waals surface area contributed by atoms with E-state index in [2.05, 4.69) is 0 Å². The van der Waals surface area contributed by atoms with Crippen molar-refractivity contribution in [1.29, 1.82) is 0 Å². The lowest BCUT2D eigenvalue weighted by molar-refractivity contribution is -0.271. The van der Waals surface area contributed by atoms with Gasteiger partial charge >= 0.3 is 11.9 Å². The predicted octanol–water partition coefficient (Wildman–Crippen LogP) is 1.19. The molecule has 4 aromatic rings. The average Bonchev–Trinajstić information content (AvgIpc) is 3.07. The average molecular weight is 685 g/mol. The molecule has 1 fully saturated rings. The maximum Gasteiger partial charge on any atom is 0.336 e. The van der Waals surface area contributed by atoms with Gasteiger partial charge in [-0.3, -0.25) is 4.79 Å².